The largest absolute Gasteiger partial charge is 0.456 e. The van der Waals surface area contributed by atoms with Crippen LogP contribution in [0.15, 0.2) is 156 Å². The number of nitrogens with one attached hydrogen (secondary N) is 2. The summed E-state index contributed by atoms with van der Waals surface area (Å²) in [7, 11) is 2.21. The summed E-state index contributed by atoms with van der Waals surface area (Å²) >= 11 is 3.80. The molecule has 1 fully saturated rings. The Morgan fingerprint density at radius 2 is 1.04 bits per heavy atom. The number of fused-ring (bicyclic) bond motifs is 9. The van der Waals surface area contributed by atoms with Crippen LogP contribution >= 0.6 is 22.7 Å². The summed E-state index contributed by atoms with van der Waals surface area (Å²) in [6, 6.07) is 55.0. The molecular weight excluding hydrogens is 675 g/mol. The van der Waals surface area contributed by atoms with E-state index in [4.69, 9.17) is 4.42 Å². The van der Waals surface area contributed by atoms with Crippen molar-refractivity contribution in [2.24, 2.45) is 0 Å². The Balaban J connectivity index is 1.02. The second-order valence-electron chi connectivity index (χ2n) is 13.8. The zero-order valence-electron chi connectivity index (χ0n) is 28.3. The lowest BCUT2D eigenvalue weighted by atomic mass is 9.99. The van der Waals surface area contributed by atoms with E-state index in [0.717, 1.165) is 27.5 Å². The summed E-state index contributed by atoms with van der Waals surface area (Å²) in [6.07, 6.45) is -0.143. The number of thiophene rings is 2. The zero-order chi connectivity index (χ0) is 34.3. The Morgan fingerprint density at radius 1 is 0.462 bits per heavy atom. The quantitative estimate of drug-likeness (QED) is 0.191. The van der Waals surface area contributed by atoms with Gasteiger partial charge in [0.2, 0.25) is 0 Å². The summed E-state index contributed by atoms with van der Waals surface area (Å²) in [5.41, 5.74) is 8.06. The number of benzene rings is 7. The van der Waals surface area contributed by atoms with Crippen molar-refractivity contribution < 1.29 is 4.42 Å². The van der Waals surface area contributed by atoms with E-state index in [1.54, 1.807) is 0 Å². The average Bonchev–Trinajstić information content (AvgIpc) is 3.89. The third-order valence-electron chi connectivity index (χ3n) is 10.8. The van der Waals surface area contributed by atoms with Gasteiger partial charge in [-0.1, -0.05) is 127 Å². The van der Waals surface area contributed by atoms with Gasteiger partial charge in [-0.2, -0.15) is 0 Å². The molecule has 4 nitrogen and oxygen atoms in total. The third kappa shape index (κ3) is 4.69. The van der Waals surface area contributed by atoms with Crippen molar-refractivity contribution in [1.29, 1.82) is 0 Å². The van der Waals surface area contributed by atoms with E-state index in [-0.39, 0.29) is 18.5 Å². The Hall–Kier alpha value is -5.34. The number of nitrogens with zero attached hydrogens (tertiary/aromatic N) is 1. The highest BCUT2D eigenvalue weighted by molar-refractivity contribution is 7.27. The molecule has 0 radical (unpaired) electrons. The normalized spacial score (nSPS) is 18.4. The first-order valence-electron chi connectivity index (χ1n) is 17.7. The smallest absolute Gasteiger partial charge is 0.135 e. The minimum atomic E-state index is -0.101. The van der Waals surface area contributed by atoms with Gasteiger partial charge in [-0.25, -0.2) is 0 Å². The molecule has 4 heterocycles. The average molecular weight is 708 g/mol. The molecule has 0 saturated carbocycles. The number of rotatable bonds is 4. The standard InChI is InChI=1S/C46H33N3OS2/c1-49-45(27-11-3-2-4-12-27)47-44(28-21-23-31-30-13-5-7-19-38(30)50-39(31)25-28)48-46(49)29-22-24-33-35-16-10-18-37(43(35)52-41(33)26-29)36-17-9-15-34-32-14-6-8-20-40(32)51-42(34)36/h2-26,44-48H,1H3. The third-order valence-corrected chi connectivity index (χ3v) is 13.3. The van der Waals surface area contributed by atoms with E-state index >= 15 is 0 Å². The van der Waals surface area contributed by atoms with Crippen LogP contribution < -0.4 is 10.6 Å². The molecule has 0 amide bonds. The minimum absolute atomic E-state index is 0.00433. The van der Waals surface area contributed by atoms with Crippen LogP contribution in [0.2, 0.25) is 0 Å². The molecule has 3 atom stereocenters. The van der Waals surface area contributed by atoms with Crippen LogP contribution in [0.4, 0.5) is 0 Å². The number of para-hydroxylation sites is 1. The van der Waals surface area contributed by atoms with Gasteiger partial charge in [-0.3, -0.25) is 15.5 Å². The Labute approximate surface area is 308 Å². The van der Waals surface area contributed by atoms with Crippen molar-refractivity contribution in [2.75, 3.05) is 7.05 Å². The SMILES string of the molecule is CN1C(c2ccccc2)NC(c2ccc3c(c2)oc2ccccc23)NC1c1ccc2c(c1)sc1c(-c3cccc4c3sc3ccccc34)cccc12. The monoisotopic (exact) mass is 707 g/mol. The first kappa shape index (κ1) is 30.3. The molecule has 52 heavy (non-hydrogen) atoms. The van der Waals surface area contributed by atoms with Gasteiger partial charge < -0.3 is 4.42 Å². The van der Waals surface area contributed by atoms with E-state index < -0.39 is 0 Å². The van der Waals surface area contributed by atoms with Crippen LogP contribution in [0.25, 0.3) is 73.4 Å². The Bertz CT molecular complexity index is 2980. The molecule has 6 heteroatoms. The maximum atomic E-state index is 6.32. The van der Waals surface area contributed by atoms with Crippen molar-refractivity contribution in [2.45, 2.75) is 18.5 Å². The van der Waals surface area contributed by atoms with Crippen molar-refractivity contribution in [3.8, 4) is 11.1 Å². The van der Waals surface area contributed by atoms with Crippen molar-refractivity contribution in [3.63, 3.8) is 0 Å². The number of furan rings is 1. The molecule has 1 saturated heterocycles. The lowest BCUT2D eigenvalue weighted by molar-refractivity contribution is 0.0417. The fourth-order valence-electron chi connectivity index (χ4n) is 8.32. The summed E-state index contributed by atoms with van der Waals surface area (Å²) < 4.78 is 11.6. The molecule has 250 valence electrons. The van der Waals surface area contributed by atoms with E-state index in [2.05, 4.69) is 162 Å². The van der Waals surface area contributed by atoms with Gasteiger partial charge in [0.15, 0.2) is 0 Å². The van der Waals surface area contributed by atoms with Gasteiger partial charge in [0.1, 0.15) is 11.2 Å². The summed E-state index contributed by atoms with van der Waals surface area (Å²) in [4.78, 5) is 2.41. The Morgan fingerprint density at radius 3 is 1.83 bits per heavy atom. The van der Waals surface area contributed by atoms with Crippen LogP contribution in [0, 0.1) is 0 Å². The molecule has 2 N–H and O–H groups in total. The molecule has 1 aliphatic heterocycles. The first-order chi connectivity index (χ1) is 25.7. The van der Waals surface area contributed by atoms with Gasteiger partial charge in [-0.05, 0) is 48.0 Å². The van der Waals surface area contributed by atoms with E-state index in [1.165, 1.54) is 62.6 Å². The molecule has 3 unspecified atom stereocenters. The van der Waals surface area contributed by atoms with Crippen LogP contribution in [0.1, 0.15) is 35.2 Å². The highest BCUT2D eigenvalue weighted by Gasteiger charge is 2.35. The molecule has 0 bridgehead atoms. The maximum absolute atomic E-state index is 6.32. The zero-order valence-corrected chi connectivity index (χ0v) is 30.0. The first-order valence-corrected chi connectivity index (χ1v) is 19.4. The van der Waals surface area contributed by atoms with E-state index in [1.807, 2.05) is 34.8 Å². The highest BCUT2D eigenvalue weighted by Crippen LogP contribution is 2.46. The van der Waals surface area contributed by atoms with Crippen LogP contribution in [0.5, 0.6) is 0 Å². The summed E-state index contributed by atoms with van der Waals surface area (Å²) in [5, 5.41) is 15.5. The molecule has 10 aromatic rings. The molecular formula is C46H33N3OS2. The molecule has 1 aliphatic rings. The maximum Gasteiger partial charge on any atom is 0.135 e. The molecule has 11 rings (SSSR count). The van der Waals surface area contributed by atoms with Gasteiger partial charge >= 0.3 is 0 Å². The minimum Gasteiger partial charge on any atom is -0.456 e. The van der Waals surface area contributed by atoms with E-state index in [0.29, 0.717) is 0 Å². The van der Waals surface area contributed by atoms with Crippen LogP contribution in [-0.2, 0) is 0 Å². The second kappa shape index (κ2) is 11.9. The fourth-order valence-corrected chi connectivity index (χ4v) is 10.8. The summed E-state index contributed by atoms with van der Waals surface area (Å²) in [5.74, 6) is 0. The van der Waals surface area contributed by atoms with Gasteiger partial charge in [0, 0.05) is 62.2 Å². The Kier molecular flexibility index (Phi) is 6.91. The predicted octanol–water partition coefficient (Wildman–Crippen LogP) is 12.5. The van der Waals surface area contributed by atoms with Crippen molar-refractivity contribution in [3.05, 3.63) is 168 Å². The molecule has 0 aliphatic carbocycles. The molecule has 0 spiro atoms. The van der Waals surface area contributed by atoms with Crippen LogP contribution in [-0.4, -0.2) is 11.9 Å². The second-order valence-corrected chi connectivity index (χ2v) is 15.9. The fraction of sp³-hybridized carbons (Fsp3) is 0.0870. The van der Waals surface area contributed by atoms with Gasteiger partial charge in [-0.15, -0.1) is 22.7 Å². The van der Waals surface area contributed by atoms with Crippen molar-refractivity contribution in [1.82, 2.24) is 15.5 Å². The lowest BCUT2D eigenvalue weighted by Gasteiger charge is -2.45. The van der Waals surface area contributed by atoms with E-state index in [9.17, 15) is 0 Å². The molecule has 3 aromatic heterocycles. The number of hydrogen-bond donors (Lipinski definition) is 2. The van der Waals surface area contributed by atoms with Crippen molar-refractivity contribution >= 4 is 85.0 Å². The van der Waals surface area contributed by atoms with Crippen LogP contribution in [0.3, 0.4) is 0 Å². The topological polar surface area (TPSA) is 40.4 Å². The molecule has 7 aromatic carbocycles. The number of hydrogen-bond acceptors (Lipinski definition) is 6. The van der Waals surface area contributed by atoms with Gasteiger partial charge in [0.25, 0.3) is 0 Å². The summed E-state index contributed by atoms with van der Waals surface area (Å²) in [6.45, 7) is 0. The van der Waals surface area contributed by atoms with Gasteiger partial charge in [0.05, 0.1) is 18.5 Å². The highest BCUT2D eigenvalue weighted by atomic mass is 32.1. The lowest BCUT2D eigenvalue weighted by Crippen LogP contribution is -2.54. The predicted molar refractivity (Wildman–Crippen MR) is 220 cm³/mol.